The van der Waals surface area contributed by atoms with Crippen LogP contribution in [0.3, 0.4) is 0 Å². The molecule has 2 amide bonds. The molecule has 2 aromatic carbocycles. The number of alkyl halides is 2. The maximum absolute atomic E-state index is 14.5. The van der Waals surface area contributed by atoms with E-state index in [1.54, 1.807) is 61.5 Å². The molecule has 0 saturated carbocycles. The van der Waals surface area contributed by atoms with Crippen LogP contribution in [-0.2, 0) is 14.3 Å². The number of hydrogen-bond acceptors (Lipinski definition) is 12. The van der Waals surface area contributed by atoms with Crippen LogP contribution in [0.15, 0.2) is 86.0 Å². The number of anilines is 2. The SMILES string of the molecule is CC[C@H]1O[C@@H](n2cnc3c(NC(=O)c4ccccc4)ncnc32)[C@@H](F)C1=O.CC[C@H]1O[C@@H](n2cnc3c(NC(=O)c4ccccc4)ncnc32)[C@@H](F)[C@H]1O.[B].[H-].[Na+]. The third kappa shape index (κ3) is 8.23. The summed E-state index contributed by atoms with van der Waals surface area (Å²) >= 11 is 0. The second-order valence-electron chi connectivity index (χ2n) is 12.4. The quantitative estimate of drug-likeness (QED) is 0.187. The molecule has 16 nitrogen and oxygen atoms in total. The summed E-state index contributed by atoms with van der Waals surface area (Å²) in [4.78, 5) is 61.5. The average molecular weight is 776 g/mol. The van der Waals surface area contributed by atoms with Crippen molar-refractivity contribution in [1.29, 1.82) is 0 Å². The summed E-state index contributed by atoms with van der Waals surface area (Å²) in [5.41, 5.74) is 2.11. The van der Waals surface area contributed by atoms with E-state index in [0.717, 1.165) is 0 Å². The van der Waals surface area contributed by atoms with Crippen molar-refractivity contribution in [2.45, 2.75) is 69.8 Å². The Hall–Kier alpha value is -5.05. The molecule has 2 aliphatic rings. The topological polar surface area (TPSA) is 201 Å². The molecule has 283 valence electrons. The van der Waals surface area contributed by atoms with E-state index in [4.69, 9.17) is 9.47 Å². The van der Waals surface area contributed by atoms with Crippen LogP contribution in [-0.4, -0.2) is 101 Å². The monoisotopic (exact) mass is 775 g/mol. The van der Waals surface area contributed by atoms with E-state index in [-0.39, 0.29) is 74.0 Å². The van der Waals surface area contributed by atoms with Crippen molar-refractivity contribution in [3.05, 3.63) is 97.1 Å². The van der Waals surface area contributed by atoms with E-state index in [1.165, 1.54) is 34.4 Å². The number of nitrogens with one attached hydrogen (secondary N) is 2. The Morgan fingerprint density at radius 2 is 1.23 bits per heavy atom. The van der Waals surface area contributed by atoms with Crippen molar-refractivity contribution < 1.29 is 68.7 Å². The van der Waals surface area contributed by atoms with Crippen molar-refractivity contribution >= 4 is 60.0 Å². The minimum absolute atomic E-state index is 0. The van der Waals surface area contributed by atoms with Gasteiger partial charge in [0.1, 0.15) is 24.9 Å². The molecule has 0 aliphatic carbocycles. The van der Waals surface area contributed by atoms with E-state index >= 15 is 0 Å². The smallest absolute Gasteiger partial charge is 1.00 e. The van der Waals surface area contributed by atoms with E-state index in [9.17, 15) is 28.3 Å². The number of fused-ring (bicyclic) bond motifs is 2. The number of rotatable bonds is 8. The number of carbonyl (C=O) groups excluding carboxylic acids is 3. The first-order valence-corrected chi connectivity index (χ1v) is 17.1. The van der Waals surface area contributed by atoms with Crippen molar-refractivity contribution in [3.8, 4) is 0 Å². The fourth-order valence-electron chi connectivity index (χ4n) is 6.19. The number of ketones is 1. The third-order valence-corrected chi connectivity index (χ3v) is 9.01. The van der Waals surface area contributed by atoms with Crippen molar-refractivity contribution in [3.63, 3.8) is 0 Å². The van der Waals surface area contributed by atoms with Gasteiger partial charge in [0.2, 0.25) is 6.17 Å². The number of aliphatic hydroxyl groups is 1. The molecule has 2 fully saturated rings. The molecular formula is C36H35BF2N10NaO6. The Bertz CT molecular complexity index is 2310. The van der Waals surface area contributed by atoms with E-state index in [2.05, 4.69) is 40.5 Å². The number of ether oxygens (including phenoxy) is 2. The average Bonchev–Trinajstić information content (AvgIpc) is 3.97. The van der Waals surface area contributed by atoms with Crippen LogP contribution in [0.4, 0.5) is 20.4 Å². The summed E-state index contributed by atoms with van der Waals surface area (Å²) in [5, 5.41) is 15.3. The molecule has 2 saturated heterocycles. The molecule has 6 heterocycles. The summed E-state index contributed by atoms with van der Waals surface area (Å²) in [6.45, 7) is 3.57. The van der Waals surface area contributed by atoms with E-state index in [1.807, 2.05) is 13.0 Å². The zero-order chi connectivity index (χ0) is 37.9. The number of nitrogens with zero attached hydrogens (tertiary/aromatic N) is 8. The van der Waals surface area contributed by atoms with Gasteiger partial charge in [-0.3, -0.25) is 23.5 Å². The number of aromatic nitrogens is 8. The number of imidazole rings is 2. The van der Waals surface area contributed by atoms with Crippen molar-refractivity contribution in [2.24, 2.45) is 0 Å². The number of halogens is 2. The molecule has 0 unspecified atom stereocenters. The third-order valence-electron chi connectivity index (χ3n) is 9.01. The van der Waals surface area contributed by atoms with Crippen LogP contribution < -0.4 is 40.2 Å². The first-order chi connectivity index (χ1) is 26.2. The molecule has 4 aromatic heterocycles. The first-order valence-electron chi connectivity index (χ1n) is 17.1. The number of benzene rings is 2. The van der Waals surface area contributed by atoms with Crippen LogP contribution in [0.2, 0.25) is 0 Å². The Balaban J connectivity index is 0.000000240. The number of Topliss-reactive ketones (excluding diaryl/α,β-unsaturated/α-hetero) is 1. The van der Waals surface area contributed by atoms with E-state index in [0.29, 0.717) is 35.1 Å². The second kappa shape index (κ2) is 18.3. The van der Waals surface area contributed by atoms with Crippen LogP contribution >= 0.6 is 0 Å². The molecule has 7 atom stereocenters. The molecular weight excluding hydrogens is 740 g/mol. The van der Waals surface area contributed by atoms with Crippen LogP contribution in [0.1, 0.15) is 61.3 Å². The van der Waals surface area contributed by atoms with Crippen LogP contribution in [0, 0.1) is 0 Å². The standard InChI is InChI=1S/C18H18FN5O3.C18H16FN5O3.B.Na.H/c2*1-2-11-14(25)12(19)18(27-11)24-9-22-13-15(20-8-21-16(13)24)23-17(26)10-6-4-3-5-7-10;;;/h3-9,11-12,14,18,25H,2H2,1H3,(H,20,21,23,26);3-9,11-12,18H,2H2,1H3,(H,20,21,23,26);;;/q;;;+1;-1/t11-,12+,14+,18-;11-,12+,18-;;;/m11.../s1. The minimum atomic E-state index is -1.80. The largest absolute Gasteiger partial charge is 1.00 e. The maximum atomic E-state index is 14.5. The molecule has 3 radical (unpaired) electrons. The predicted molar refractivity (Wildman–Crippen MR) is 196 cm³/mol. The van der Waals surface area contributed by atoms with Gasteiger partial charge in [0.05, 0.1) is 18.8 Å². The summed E-state index contributed by atoms with van der Waals surface area (Å²) in [6, 6.07) is 17.3. The molecule has 56 heavy (non-hydrogen) atoms. The van der Waals surface area contributed by atoms with Gasteiger partial charge in [-0.15, -0.1) is 0 Å². The Labute approximate surface area is 343 Å². The van der Waals surface area contributed by atoms with Gasteiger partial charge in [0.25, 0.3) is 11.8 Å². The Morgan fingerprint density at radius 3 is 1.66 bits per heavy atom. The van der Waals surface area contributed by atoms with Gasteiger partial charge >= 0.3 is 29.6 Å². The van der Waals surface area contributed by atoms with Crippen LogP contribution in [0.5, 0.6) is 0 Å². The van der Waals surface area contributed by atoms with Gasteiger partial charge in [-0.25, -0.2) is 38.7 Å². The molecule has 3 N–H and O–H groups in total. The fraction of sp³-hybridized carbons (Fsp3) is 0.306. The molecule has 8 rings (SSSR count). The zero-order valence-electron chi connectivity index (χ0n) is 31.4. The summed E-state index contributed by atoms with van der Waals surface area (Å²) in [7, 11) is 0. The molecule has 20 heteroatoms. The number of amides is 2. The molecule has 6 aromatic rings. The summed E-state index contributed by atoms with van der Waals surface area (Å²) in [5.74, 6) is -0.872. The van der Waals surface area contributed by atoms with Gasteiger partial charge in [0.15, 0.2) is 58.4 Å². The molecule has 2 aliphatic heterocycles. The molecule has 0 spiro atoms. The zero-order valence-corrected chi connectivity index (χ0v) is 32.4. The van der Waals surface area contributed by atoms with Gasteiger partial charge in [-0.2, -0.15) is 0 Å². The minimum Gasteiger partial charge on any atom is -1.00 e. The normalized spacial score (nSPS) is 22.8. The van der Waals surface area contributed by atoms with Gasteiger partial charge in [-0.05, 0) is 37.1 Å². The van der Waals surface area contributed by atoms with E-state index < -0.39 is 48.9 Å². The van der Waals surface area contributed by atoms with Gasteiger partial charge in [-0.1, -0.05) is 50.2 Å². The number of hydrogen-bond donors (Lipinski definition) is 3. The molecule has 0 bridgehead atoms. The predicted octanol–water partition coefficient (Wildman–Crippen LogP) is 1.11. The first kappa shape index (κ1) is 42.1. The van der Waals surface area contributed by atoms with Crippen molar-refractivity contribution in [1.82, 2.24) is 39.0 Å². The Morgan fingerprint density at radius 1 is 0.750 bits per heavy atom. The second-order valence-corrected chi connectivity index (χ2v) is 12.4. The Kier molecular flexibility index (Phi) is 13.7. The summed E-state index contributed by atoms with van der Waals surface area (Å²) < 4.78 is 42.8. The van der Waals surface area contributed by atoms with Gasteiger partial charge in [0, 0.05) is 19.5 Å². The maximum Gasteiger partial charge on any atom is 1.00 e. The van der Waals surface area contributed by atoms with Gasteiger partial charge < -0.3 is 26.6 Å². The number of aliphatic hydroxyl groups excluding tert-OH is 1. The van der Waals surface area contributed by atoms with Crippen LogP contribution in [0.25, 0.3) is 22.3 Å². The summed E-state index contributed by atoms with van der Waals surface area (Å²) in [6.07, 6.45) is -2.11. The van der Waals surface area contributed by atoms with Crippen molar-refractivity contribution in [2.75, 3.05) is 10.6 Å². The fourth-order valence-corrected chi connectivity index (χ4v) is 6.19. The number of carbonyl (C=O) groups is 3.